The molecular formula is C26H18FN5. The van der Waals surface area contributed by atoms with Gasteiger partial charge in [-0.2, -0.15) is 0 Å². The summed E-state index contributed by atoms with van der Waals surface area (Å²) in [5.41, 5.74) is 4.83. The molecule has 0 atom stereocenters. The molecule has 0 aliphatic carbocycles. The summed E-state index contributed by atoms with van der Waals surface area (Å²) in [5, 5.41) is 0.929. The molecular weight excluding hydrogens is 401 g/mol. The zero-order valence-electron chi connectivity index (χ0n) is 17.1. The van der Waals surface area contributed by atoms with Crippen LogP contribution in [-0.4, -0.2) is 26.5 Å². The second-order valence-corrected chi connectivity index (χ2v) is 7.74. The monoisotopic (exact) mass is 419 g/mol. The van der Waals surface area contributed by atoms with Crippen molar-refractivity contribution in [3.05, 3.63) is 96.7 Å². The second-order valence-electron chi connectivity index (χ2n) is 7.74. The first-order chi connectivity index (χ1) is 15.8. The van der Waals surface area contributed by atoms with Gasteiger partial charge in [0.05, 0.1) is 5.52 Å². The number of pyridine rings is 2. The molecule has 0 radical (unpaired) electrons. The van der Waals surface area contributed by atoms with Gasteiger partial charge in [-0.3, -0.25) is 4.98 Å². The fraction of sp³-hybridized carbons (Fsp3) is 0.0769. The molecule has 5 aromatic rings. The first kappa shape index (κ1) is 18.6. The van der Waals surface area contributed by atoms with Crippen LogP contribution in [0.1, 0.15) is 5.56 Å². The number of hydrogen-bond donors (Lipinski definition) is 0. The quantitative estimate of drug-likeness (QED) is 0.382. The van der Waals surface area contributed by atoms with Gasteiger partial charge in [0.25, 0.3) is 0 Å². The minimum absolute atomic E-state index is 0.251. The molecule has 0 saturated heterocycles. The normalized spacial score (nSPS) is 12.8. The van der Waals surface area contributed by atoms with Crippen molar-refractivity contribution in [2.24, 2.45) is 0 Å². The van der Waals surface area contributed by atoms with Crippen LogP contribution < -0.4 is 4.90 Å². The van der Waals surface area contributed by atoms with Crippen molar-refractivity contribution in [2.45, 2.75) is 6.42 Å². The molecule has 5 nitrogen and oxygen atoms in total. The van der Waals surface area contributed by atoms with Crippen LogP contribution >= 0.6 is 0 Å². The highest BCUT2D eigenvalue weighted by atomic mass is 19.1. The summed E-state index contributed by atoms with van der Waals surface area (Å²) in [7, 11) is 0. The van der Waals surface area contributed by atoms with E-state index in [2.05, 4.69) is 27.0 Å². The van der Waals surface area contributed by atoms with Crippen molar-refractivity contribution in [1.29, 1.82) is 0 Å². The lowest BCUT2D eigenvalue weighted by Crippen LogP contribution is -2.17. The van der Waals surface area contributed by atoms with Gasteiger partial charge in [-0.15, -0.1) is 0 Å². The SMILES string of the molecule is Fc1ccc(-c2ccc3nc(-c4cccnc4)nc(N4CCc5cccnc54)c3c2)cc1. The van der Waals surface area contributed by atoms with E-state index in [1.165, 1.54) is 17.7 Å². The summed E-state index contributed by atoms with van der Waals surface area (Å²) in [4.78, 5) is 20.8. The average Bonchev–Trinajstić information content (AvgIpc) is 3.28. The number of halogens is 1. The van der Waals surface area contributed by atoms with Crippen molar-refractivity contribution >= 4 is 22.5 Å². The van der Waals surface area contributed by atoms with Gasteiger partial charge in [0.1, 0.15) is 17.5 Å². The lowest BCUT2D eigenvalue weighted by Gasteiger charge is -2.20. The predicted molar refractivity (Wildman–Crippen MR) is 123 cm³/mol. The highest BCUT2D eigenvalue weighted by Gasteiger charge is 2.25. The molecule has 0 amide bonds. The van der Waals surface area contributed by atoms with Crippen LogP contribution in [0.5, 0.6) is 0 Å². The third-order valence-corrected chi connectivity index (χ3v) is 5.76. The maximum atomic E-state index is 13.4. The highest BCUT2D eigenvalue weighted by Crippen LogP contribution is 2.37. The zero-order valence-corrected chi connectivity index (χ0v) is 17.1. The molecule has 1 aliphatic rings. The Hall–Kier alpha value is -4.19. The van der Waals surface area contributed by atoms with E-state index < -0.39 is 0 Å². The predicted octanol–water partition coefficient (Wildman–Crippen LogP) is 5.59. The van der Waals surface area contributed by atoms with Gasteiger partial charge in [0, 0.05) is 36.1 Å². The van der Waals surface area contributed by atoms with Crippen molar-refractivity contribution in [3.8, 4) is 22.5 Å². The summed E-state index contributed by atoms with van der Waals surface area (Å²) in [6.45, 7) is 0.797. The molecule has 6 heteroatoms. The fourth-order valence-corrected chi connectivity index (χ4v) is 4.18. The minimum Gasteiger partial charge on any atom is -0.310 e. The molecule has 154 valence electrons. The summed E-state index contributed by atoms with van der Waals surface area (Å²) in [5.74, 6) is 2.12. The Morgan fingerprint density at radius 2 is 1.62 bits per heavy atom. The van der Waals surface area contributed by atoms with Gasteiger partial charge in [-0.1, -0.05) is 24.3 Å². The molecule has 0 spiro atoms. The van der Waals surface area contributed by atoms with Gasteiger partial charge in [0.15, 0.2) is 5.82 Å². The molecule has 1 aliphatic heterocycles. The number of aromatic nitrogens is 4. The Balaban J connectivity index is 1.58. The molecule has 0 saturated carbocycles. The number of hydrogen-bond acceptors (Lipinski definition) is 5. The van der Waals surface area contributed by atoms with Crippen molar-refractivity contribution < 1.29 is 4.39 Å². The van der Waals surface area contributed by atoms with E-state index in [-0.39, 0.29) is 5.82 Å². The molecule has 4 heterocycles. The van der Waals surface area contributed by atoms with Crippen LogP contribution in [0.15, 0.2) is 85.3 Å². The molecule has 6 rings (SSSR count). The number of nitrogens with zero attached hydrogens (tertiary/aromatic N) is 5. The largest absolute Gasteiger partial charge is 0.310 e. The van der Waals surface area contributed by atoms with Crippen LogP contribution in [0.25, 0.3) is 33.4 Å². The van der Waals surface area contributed by atoms with E-state index in [4.69, 9.17) is 9.97 Å². The minimum atomic E-state index is -0.251. The maximum absolute atomic E-state index is 13.4. The van der Waals surface area contributed by atoms with Crippen molar-refractivity contribution in [1.82, 2.24) is 19.9 Å². The fourth-order valence-electron chi connectivity index (χ4n) is 4.18. The van der Waals surface area contributed by atoms with Crippen LogP contribution in [0.2, 0.25) is 0 Å². The van der Waals surface area contributed by atoms with E-state index in [1.54, 1.807) is 24.5 Å². The topological polar surface area (TPSA) is 54.8 Å². The van der Waals surface area contributed by atoms with E-state index >= 15 is 0 Å². The lowest BCUT2D eigenvalue weighted by atomic mass is 10.0. The molecule has 0 unspecified atom stereocenters. The average molecular weight is 419 g/mol. The highest BCUT2D eigenvalue weighted by molar-refractivity contribution is 5.96. The lowest BCUT2D eigenvalue weighted by molar-refractivity contribution is 0.628. The molecule has 3 aromatic heterocycles. The number of fused-ring (bicyclic) bond motifs is 2. The van der Waals surface area contributed by atoms with E-state index in [1.807, 2.05) is 36.5 Å². The van der Waals surface area contributed by atoms with Gasteiger partial charge in [0.2, 0.25) is 0 Å². The Bertz CT molecular complexity index is 1430. The van der Waals surface area contributed by atoms with E-state index in [9.17, 15) is 4.39 Å². The van der Waals surface area contributed by atoms with Crippen LogP contribution in [0, 0.1) is 5.82 Å². The standard InChI is InChI=1S/C26H18FN5/c27-21-8-5-17(6-9-21)19-7-10-23-22(15-19)26(31-24(30-23)20-4-1-12-28-16-20)32-14-11-18-3-2-13-29-25(18)32/h1-10,12-13,15-16H,11,14H2. The van der Waals surface area contributed by atoms with Crippen molar-refractivity contribution in [2.75, 3.05) is 11.4 Å². The molecule has 0 bridgehead atoms. The third kappa shape index (κ3) is 3.17. The van der Waals surface area contributed by atoms with Crippen molar-refractivity contribution in [3.63, 3.8) is 0 Å². The van der Waals surface area contributed by atoms with Gasteiger partial charge in [-0.05, 0) is 65.6 Å². The maximum Gasteiger partial charge on any atom is 0.163 e. The molecule has 0 fully saturated rings. The molecule has 32 heavy (non-hydrogen) atoms. The first-order valence-corrected chi connectivity index (χ1v) is 10.5. The van der Waals surface area contributed by atoms with Gasteiger partial charge >= 0.3 is 0 Å². The number of rotatable bonds is 3. The Morgan fingerprint density at radius 3 is 2.47 bits per heavy atom. The Kier molecular flexibility index (Phi) is 4.35. The van der Waals surface area contributed by atoms with Gasteiger partial charge in [-0.25, -0.2) is 19.3 Å². The smallest absolute Gasteiger partial charge is 0.163 e. The molecule has 2 aromatic carbocycles. The Morgan fingerprint density at radius 1 is 0.781 bits per heavy atom. The summed E-state index contributed by atoms with van der Waals surface area (Å²) >= 11 is 0. The van der Waals surface area contributed by atoms with Gasteiger partial charge < -0.3 is 4.90 Å². The third-order valence-electron chi connectivity index (χ3n) is 5.76. The van der Waals surface area contributed by atoms with Crippen LogP contribution in [0.3, 0.4) is 0 Å². The first-order valence-electron chi connectivity index (χ1n) is 10.5. The summed E-state index contributed by atoms with van der Waals surface area (Å²) in [6, 6.07) is 20.5. The van der Waals surface area contributed by atoms with E-state index in [0.717, 1.165) is 52.2 Å². The van der Waals surface area contributed by atoms with E-state index in [0.29, 0.717) is 5.82 Å². The van der Waals surface area contributed by atoms with Crippen LogP contribution in [-0.2, 0) is 6.42 Å². The summed E-state index contributed by atoms with van der Waals surface area (Å²) in [6.07, 6.45) is 6.23. The summed E-state index contributed by atoms with van der Waals surface area (Å²) < 4.78 is 13.4. The number of anilines is 2. The second kappa shape index (κ2) is 7.50. The van der Waals surface area contributed by atoms with Crippen LogP contribution in [0.4, 0.5) is 16.0 Å². The Labute approximate surface area is 184 Å². The number of benzene rings is 2. The zero-order chi connectivity index (χ0) is 21.5. The molecule has 0 N–H and O–H groups in total.